The average Bonchev–Trinajstić information content (AvgIpc) is 3.42. The third kappa shape index (κ3) is 4.52. The van der Waals surface area contributed by atoms with Crippen molar-refractivity contribution in [3.8, 4) is 0 Å². The van der Waals surface area contributed by atoms with Gasteiger partial charge in [-0.2, -0.15) is 13.2 Å². The van der Waals surface area contributed by atoms with E-state index in [0.717, 1.165) is 31.5 Å². The lowest BCUT2D eigenvalue weighted by molar-refractivity contribution is -0.275. The highest BCUT2D eigenvalue weighted by atomic mass is 35.5. The number of alkyl halides is 3. The van der Waals surface area contributed by atoms with Crippen LogP contribution >= 0.6 is 23.2 Å². The summed E-state index contributed by atoms with van der Waals surface area (Å²) in [6.45, 7) is 1.71. The van der Waals surface area contributed by atoms with Crippen molar-refractivity contribution in [1.29, 1.82) is 0 Å². The highest BCUT2D eigenvalue weighted by Gasteiger charge is 2.62. The van der Waals surface area contributed by atoms with Crippen LogP contribution in [0.25, 0.3) is 0 Å². The number of urea groups is 1. The maximum absolute atomic E-state index is 14.2. The molecule has 4 rings (SSSR count). The van der Waals surface area contributed by atoms with Gasteiger partial charge >= 0.3 is 12.2 Å². The number of rotatable bonds is 4. The van der Waals surface area contributed by atoms with Crippen LogP contribution in [0.3, 0.4) is 0 Å². The Balaban J connectivity index is 1.53. The van der Waals surface area contributed by atoms with Crippen LogP contribution in [0.15, 0.2) is 47.6 Å². The topological polar surface area (TPSA) is 53.9 Å². The number of hydrogen-bond acceptors (Lipinski definition) is 3. The van der Waals surface area contributed by atoms with Crippen molar-refractivity contribution >= 4 is 34.9 Å². The van der Waals surface area contributed by atoms with Crippen LogP contribution < -0.4 is 5.32 Å². The number of likely N-dealkylation sites (tertiary alicyclic amines) is 1. The number of carbonyl (C=O) groups is 1. The molecule has 2 aromatic rings. The Hall–Kier alpha value is -2.45. The first-order valence-corrected chi connectivity index (χ1v) is 10.8. The van der Waals surface area contributed by atoms with Gasteiger partial charge < -0.3 is 15.1 Å². The molecule has 170 valence electrons. The number of amides is 2. The Labute approximate surface area is 193 Å². The van der Waals surface area contributed by atoms with Gasteiger partial charge in [-0.05, 0) is 48.2 Å². The van der Waals surface area contributed by atoms with Gasteiger partial charge in [0.2, 0.25) is 0 Å². The van der Waals surface area contributed by atoms with Crippen LogP contribution in [0.2, 0.25) is 10.0 Å². The number of nitrogens with zero attached hydrogens (tertiary/aromatic N) is 2. The van der Waals surface area contributed by atoms with Crippen LogP contribution in [0.4, 0.5) is 18.0 Å². The molecule has 2 aliphatic heterocycles. The molecule has 10 heteroatoms. The molecule has 0 aliphatic carbocycles. The molecule has 2 aliphatic rings. The van der Waals surface area contributed by atoms with Crippen molar-refractivity contribution in [3.63, 3.8) is 0 Å². The number of halogens is 5. The van der Waals surface area contributed by atoms with Gasteiger partial charge in [0.15, 0.2) is 0 Å². The zero-order valence-corrected chi connectivity index (χ0v) is 18.4. The molecule has 2 aromatic carbocycles. The van der Waals surface area contributed by atoms with E-state index in [-0.39, 0.29) is 33.9 Å². The Kier molecular flexibility index (Phi) is 6.27. The minimum atomic E-state index is -4.76. The van der Waals surface area contributed by atoms with Crippen molar-refractivity contribution in [1.82, 2.24) is 10.2 Å². The van der Waals surface area contributed by atoms with Crippen LogP contribution in [-0.2, 0) is 17.0 Å². The van der Waals surface area contributed by atoms with Gasteiger partial charge in [-0.1, -0.05) is 46.6 Å². The highest BCUT2D eigenvalue weighted by Crippen LogP contribution is 2.49. The van der Waals surface area contributed by atoms with Gasteiger partial charge in [-0.15, -0.1) is 0 Å². The summed E-state index contributed by atoms with van der Waals surface area (Å²) in [4.78, 5) is 19.0. The molecule has 2 heterocycles. The van der Waals surface area contributed by atoms with E-state index >= 15 is 0 Å². The van der Waals surface area contributed by atoms with E-state index in [1.165, 1.54) is 18.2 Å². The molecule has 0 spiro atoms. The summed E-state index contributed by atoms with van der Waals surface area (Å²) in [7, 11) is 0. The molecular weight excluding hydrogens is 466 g/mol. The fourth-order valence-electron chi connectivity index (χ4n) is 3.92. The maximum atomic E-state index is 14.2. The summed E-state index contributed by atoms with van der Waals surface area (Å²) >= 11 is 11.9. The Morgan fingerprint density at radius 2 is 1.81 bits per heavy atom. The third-order valence-electron chi connectivity index (χ3n) is 5.61. The first-order valence-electron chi connectivity index (χ1n) is 10.1. The van der Waals surface area contributed by atoms with Crippen molar-refractivity contribution in [2.75, 3.05) is 13.1 Å². The summed E-state index contributed by atoms with van der Waals surface area (Å²) in [5.41, 5.74) is -1.52. The Bertz CT molecular complexity index is 1030. The van der Waals surface area contributed by atoms with Crippen molar-refractivity contribution < 1.29 is 22.8 Å². The van der Waals surface area contributed by atoms with Crippen LogP contribution in [0.1, 0.15) is 36.0 Å². The maximum Gasteiger partial charge on any atom is 0.435 e. The summed E-state index contributed by atoms with van der Waals surface area (Å²) in [5.74, 6) is 0. The molecule has 1 saturated heterocycles. The van der Waals surface area contributed by atoms with E-state index in [2.05, 4.69) is 10.5 Å². The van der Waals surface area contributed by atoms with E-state index in [1.54, 1.807) is 29.2 Å². The predicted octanol–water partition coefficient (Wildman–Crippen LogP) is 5.88. The van der Waals surface area contributed by atoms with E-state index in [4.69, 9.17) is 28.0 Å². The zero-order valence-electron chi connectivity index (χ0n) is 16.9. The lowest BCUT2D eigenvalue weighted by atomic mass is 9.86. The van der Waals surface area contributed by atoms with Gasteiger partial charge in [0.25, 0.3) is 5.60 Å². The molecule has 1 fully saturated rings. The fourth-order valence-corrected chi connectivity index (χ4v) is 4.44. The second kappa shape index (κ2) is 8.83. The highest BCUT2D eigenvalue weighted by molar-refractivity contribution is 6.34. The Morgan fingerprint density at radius 3 is 2.47 bits per heavy atom. The van der Waals surface area contributed by atoms with Gasteiger partial charge in [0.1, 0.15) is 0 Å². The van der Waals surface area contributed by atoms with Crippen LogP contribution in [0, 0.1) is 0 Å². The number of oxime groups is 1. The van der Waals surface area contributed by atoms with Gasteiger partial charge in [-0.3, -0.25) is 0 Å². The summed E-state index contributed by atoms with van der Waals surface area (Å²) in [5, 5.41) is 6.77. The average molecular weight is 486 g/mol. The van der Waals surface area contributed by atoms with E-state index in [9.17, 15) is 18.0 Å². The van der Waals surface area contributed by atoms with Gasteiger partial charge in [0.05, 0.1) is 5.71 Å². The molecule has 0 aromatic heterocycles. The normalized spacial score (nSPS) is 20.8. The SMILES string of the molecule is O=C(NCc1cccc(C2=NOC(c3cc(Cl)cc(Cl)c3)(C(F)(F)F)C2)c1)N1CCCC1. The lowest BCUT2D eigenvalue weighted by Crippen LogP contribution is -2.42. The van der Waals surface area contributed by atoms with Gasteiger partial charge in [-0.25, -0.2) is 4.79 Å². The minimum Gasteiger partial charge on any atom is -0.374 e. The molecule has 1 N–H and O–H groups in total. The number of benzene rings is 2. The zero-order chi connectivity index (χ0) is 22.9. The summed E-state index contributed by atoms with van der Waals surface area (Å²) in [6, 6.07) is 10.4. The number of carbonyl (C=O) groups excluding carboxylic acids is 1. The number of hydrogen-bond donors (Lipinski definition) is 1. The predicted molar refractivity (Wildman–Crippen MR) is 116 cm³/mol. The quantitative estimate of drug-likeness (QED) is 0.587. The molecular formula is C22H20Cl2F3N3O2. The molecule has 5 nitrogen and oxygen atoms in total. The summed E-state index contributed by atoms with van der Waals surface area (Å²) < 4.78 is 42.5. The Morgan fingerprint density at radius 1 is 1.12 bits per heavy atom. The minimum absolute atomic E-state index is 0.0731. The molecule has 2 amide bonds. The second-order valence-corrected chi connectivity index (χ2v) is 8.72. The monoisotopic (exact) mass is 485 g/mol. The molecule has 1 unspecified atom stereocenters. The molecule has 32 heavy (non-hydrogen) atoms. The van der Waals surface area contributed by atoms with Crippen LogP contribution in [0.5, 0.6) is 0 Å². The molecule has 0 saturated carbocycles. The first-order chi connectivity index (χ1) is 15.2. The standard InChI is InChI=1S/C22H20Cl2F3N3O2/c23-17-9-16(10-18(24)11-17)21(22(25,26)27)12-19(29-32-21)15-5-3-4-14(8-15)13-28-20(31)30-6-1-2-7-30/h3-5,8-11H,1-2,6-7,12-13H2,(H,28,31). The largest absolute Gasteiger partial charge is 0.435 e. The second-order valence-electron chi connectivity index (χ2n) is 7.84. The van der Waals surface area contributed by atoms with Crippen molar-refractivity contribution in [3.05, 3.63) is 69.2 Å². The molecule has 0 bridgehead atoms. The van der Waals surface area contributed by atoms with E-state index in [0.29, 0.717) is 5.56 Å². The molecule has 0 radical (unpaired) electrons. The smallest absolute Gasteiger partial charge is 0.374 e. The van der Waals surface area contributed by atoms with Crippen molar-refractivity contribution in [2.45, 2.75) is 37.6 Å². The van der Waals surface area contributed by atoms with E-state index < -0.39 is 18.2 Å². The first kappa shape index (κ1) is 22.7. The van der Waals surface area contributed by atoms with Gasteiger partial charge in [0, 0.05) is 41.7 Å². The number of nitrogens with one attached hydrogen (secondary N) is 1. The van der Waals surface area contributed by atoms with Crippen LogP contribution in [-0.4, -0.2) is 35.9 Å². The van der Waals surface area contributed by atoms with E-state index in [1.807, 2.05) is 0 Å². The molecule has 1 atom stereocenters. The lowest BCUT2D eigenvalue weighted by Gasteiger charge is -2.29. The summed E-state index contributed by atoms with van der Waals surface area (Å²) in [6.07, 6.45) is -3.31. The fraction of sp³-hybridized carbons (Fsp3) is 0.364. The van der Waals surface area contributed by atoms with Crippen molar-refractivity contribution in [2.24, 2.45) is 5.16 Å². The third-order valence-corrected chi connectivity index (χ3v) is 6.05.